The smallest absolute Gasteiger partial charge is 0.203 e. The van der Waals surface area contributed by atoms with Gasteiger partial charge in [-0.05, 0) is 30.2 Å². The predicted molar refractivity (Wildman–Crippen MR) is 92.5 cm³/mol. The first-order chi connectivity index (χ1) is 11.6. The number of fused-ring (bicyclic) bond motifs is 1. The van der Waals surface area contributed by atoms with Crippen LogP contribution < -0.4 is 14.2 Å². The van der Waals surface area contributed by atoms with Gasteiger partial charge in [0.1, 0.15) is 17.1 Å². The van der Waals surface area contributed by atoms with E-state index in [-0.39, 0.29) is 0 Å². The Hall–Kier alpha value is -2.47. The van der Waals surface area contributed by atoms with E-state index in [0.717, 1.165) is 22.2 Å². The normalized spacial score (nSPS) is 10.9. The van der Waals surface area contributed by atoms with Crippen molar-refractivity contribution >= 4 is 22.6 Å². The molecule has 0 spiro atoms. The first-order valence-electron chi connectivity index (χ1n) is 7.33. The number of benzene rings is 1. The molecule has 2 heterocycles. The van der Waals surface area contributed by atoms with Crippen molar-refractivity contribution in [3.8, 4) is 17.2 Å². The van der Waals surface area contributed by atoms with E-state index in [1.165, 1.54) is 6.33 Å². The Morgan fingerprint density at radius 1 is 1.04 bits per heavy atom. The van der Waals surface area contributed by atoms with Crippen molar-refractivity contribution in [1.82, 2.24) is 14.5 Å². The highest BCUT2D eigenvalue weighted by molar-refractivity contribution is 6.34. The van der Waals surface area contributed by atoms with Crippen LogP contribution in [-0.4, -0.2) is 35.9 Å². The summed E-state index contributed by atoms with van der Waals surface area (Å²) < 4.78 is 18.2. The summed E-state index contributed by atoms with van der Waals surface area (Å²) in [6.45, 7) is 2.58. The lowest BCUT2D eigenvalue weighted by Gasteiger charge is -2.14. The van der Waals surface area contributed by atoms with E-state index in [2.05, 4.69) is 9.97 Å². The van der Waals surface area contributed by atoms with Crippen LogP contribution in [0.15, 0.2) is 24.7 Å². The van der Waals surface area contributed by atoms with Gasteiger partial charge in [-0.1, -0.05) is 11.6 Å². The molecule has 0 aliphatic carbocycles. The third-order valence-electron chi connectivity index (χ3n) is 3.87. The van der Waals surface area contributed by atoms with Crippen LogP contribution in [0.1, 0.15) is 11.1 Å². The monoisotopic (exact) mass is 347 g/mol. The number of halogens is 1. The molecule has 7 heteroatoms. The first-order valence-corrected chi connectivity index (χ1v) is 7.71. The highest BCUT2D eigenvalue weighted by atomic mass is 35.5. The van der Waals surface area contributed by atoms with Crippen LogP contribution in [0.5, 0.6) is 17.2 Å². The molecule has 3 rings (SSSR count). The fraction of sp³-hybridized carbons (Fsp3) is 0.294. The fourth-order valence-corrected chi connectivity index (χ4v) is 3.09. The summed E-state index contributed by atoms with van der Waals surface area (Å²) in [4.78, 5) is 8.41. The van der Waals surface area contributed by atoms with Gasteiger partial charge in [0.2, 0.25) is 5.75 Å². The highest BCUT2D eigenvalue weighted by Gasteiger charge is 2.15. The van der Waals surface area contributed by atoms with Crippen LogP contribution in [0, 0.1) is 6.92 Å². The molecule has 0 radical (unpaired) electrons. The number of hydrogen-bond acceptors (Lipinski definition) is 5. The molecule has 0 fully saturated rings. The van der Waals surface area contributed by atoms with Crippen molar-refractivity contribution in [3.63, 3.8) is 0 Å². The number of aromatic nitrogens is 3. The molecule has 0 saturated heterocycles. The van der Waals surface area contributed by atoms with E-state index in [1.807, 2.05) is 29.8 Å². The van der Waals surface area contributed by atoms with Gasteiger partial charge in [-0.15, -0.1) is 0 Å². The van der Waals surface area contributed by atoms with Crippen LogP contribution in [0.2, 0.25) is 5.15 Å². The summed E-state index contributed by atoms with van der Waals surface area (Å²) in [5, 5.41) is 1.33. The Labute approximate surface area is 144 Å². The number of aryl methyl sites for hydroxylation is 1. The lowest BCUT2D eigenvalue weighted by atomic mass is 10.1. The summed E-state index contributed by atoms with van der Waals surface area (Å²) in [5.74, 6) is 1.81. The molecule has 3 aromatic rings. The predicted octanol–water partition coefficient (Wildman–Crippen LogP) is 3.47. The van der Waals surface area contributed by atoms with Crippen LogP contribution in [0.4, 0.5) is 0 Å². The molecule has 0 unspecified atom stereocenters. The van der Waals surface area contributed by atoms with Crippen LogP contribution in [0.25, 0.3) is 11.0 Å². The van der Waals surface area contributed by atoms with Crippen LogP contribution >= 0.6 is 11.6 Å². The zero-order chi connectivity index (χ0) is 17.3. The zero-order valence-electron chi connectivity index (χ0n) is 14.0. The van der Waals surface area contributed by atoms with Crippen molar-refractivity contribution in [2.24, 2.45) is 0 Å². The maximum atomic E-state index is 6.19. The largest absolute Gasteiger partial charge is 0.493 e. The van der Waals surface area contributed by atoms with E-state index in [1.54, 1.807) is 21.3 Å². The van der Waals surface area contributed by atoms with Gasteiger partial charge >= 0.3 is 0 Å². The van der Waals surface area contributed by atoms with Crippen molar-refractivity contribution in [2.75, 3.05) is 21.3 Å². The minimum atomic E-state index is 0.459. The molecule has 2 aromatic heterocycles. The van der Waals surface area contributed by atoms with E-state index in [9.17, 15) is 0 Å². The quantitative estimate of drug-likeness (QED) is 0.661. The highest BCUT2D eigenvalue weighted by Crippen LogP contribution is 2.38. The molecule has 126 valence electrons. The SMILES string of the molecule is COc1cc(Cn2cc(C)c3c(Cl)ncnc32)cc(OC)c1OC. The number of methoxy groups -OCH3 is 3. The molecule has 0 saturated carbocycles. The fourth-order valence-electron chi connectivity index (χ4n) is 2.82. The van der Waals surface area contributed by atoms with Gasteiger partial charge < -0.3 is 18.8 Å². The molecule has 0 atom stereocenters. The number of nitrogens with zero attached hydrogens (tertiary/aromatic N) is 3. The summed E-state index contributed by atoms with van der Waals surface area (Å²) in [6, 6.07) is 3.84. The Balaban J connectivity index is 2.08. The molecular formula is C17H18ClN3O3. The standard InChI is InChI=1S/C17H18ClN3O3/c1-10-7-21(17-14(10)16(18)19-9-20-17)8-11-5-12(22-2)15(24-4)13(6-11)23-3/h5-7,9H,8H2,1-4H3. The molecule has 0 bridgehead atoms. The minimum absolute atomic E-state index is 0.459. The van der Waals surface area contributed by atoms with Gasteiger partial charge in [-0.3, -0.25) is 0 Å². The molecular weight excluding hydrogens is 330 g/mol. The number of hydrogen-bond donors (Lipinski definition) is 0. The first kappa shape index (κ1) is 16.4. The molecule has 1 aromatic carbocycles. The summed E-state index contributed by atoms with van der Waals surface area (Å²) >= 11 is 6.19. The van der Waals surface area contributed by atoms with Gasteiger partial charge in [-0.25, -0.2) is 9.97 Å². The van der Waals surface area contributed by atoms with Crippen molar-refractivity contribution < 1.29 is 14.2 Å². The molecule has 0 amide bonds. The van der Waals surface area contributed by atoms with E-state index < -0.39 is 0 Å². The van der Waals surface area contributed by atoms with Gasteiger partial charge in [0.05, 0.1) is 26.7 Å². The number of ether oxygens (including phenoxy) is 3. The van der Waals surface area contributed by atoms with E-state index in [0.29, 0.717) is 28.9 Å². The average Bonchev–Trinajstić information content (AvgIpc) is 2.91. The molecule has 6 nitrogen and oxygen atoms in total. The Kier molecular flexibility index (Phi) is 4.49. The topological polar surface area (TPSA) is 58.4 Å². The van der Waals surface area contributed by atoms with Crippen LogP contribution in [0.3, 0.4) is 0 Å². The third-order valence-corrected chi connectivity index (χ3v) is 4.16. The van der Waals surface area contributed by atoms with E-state index in [4.69, 9.17) is 25.8 Å². The Morgan fingerprint density at radius 2 is 1.71 bits per heavy atom. The maximum absolute atomic E-state index is 6.19. The second-order valence-corrected chi connectivity index (χ2v) is 5.69. The van der Waals surface area contributed by atoms with Gasteiger partial charge in [0.15, 0.2) is 11.5 Å². The summed E-state index contributed by atoms with van der Waals surface area (Å²) in [7, 11) is 4.79. The molecule has 0 aliphatic heterocycles. The zero-order valence-corrected chi connectivity index (χ0v) is 14.7. The van der Waals surface area contributed by atoms with Gasteiger partial charge in [0.25, 0.3) is 0 Å². The van der Waals surface area contributed by atoms with Crippen molar-refractivity contribution in [1.29, 1.82) is 0 Å². The molecule has 24 heavy (non-hydrogen) atoms. The van der Waals surface area contributed by atoms with Gasteiger partial charge in [0, 0.05) is 12.7 Å². The molecule has 0 aliphatic rings. The summed E-state index contributed by atoms with van der Waals surface area (Å²) in [5.41, 5.74) is 2.82. The third kappa shape index (κ3) is 2.73. The van der Waals surface area contributed by atoms with Crippen molar-refractivity contribution in [2.45, 2.75) is 13.5 Å². The Bertz CT molecular complexity index is 867. The lowest BCUT2D eigenvalue weighted by Crippen LogP contribution is -2.02. The second kappa shape index (κ2) is 6.57. The molecule has 0 N–H and O–H groups in total. The average molecular weight is 348 g/mol. The van der Waals surface area contributed by atoms with E-state index >= 15 is 0 Å². The maximum Gasteiger partial charge on any atom is 0.203 e. The lowest BCUT2D eigenvalue weighted by molar-refractivity contribution is 0.323. The minimum Gasteiger partial charge on any atom is -0.493 e. The second-order valence-electron chi connectivity index (χ2n) is 5.34. The summed E-state index contributed by atoms with van der Waals surface area (Å²) in [6.07, 6.45) is 3.48. The van der Waals surface area contributed by atoms with Crippen molar-refractivity contribution in [3.05, 3.63) is 40.9 Å². The Morgan fingerprint density at radius 3 is 2.29 bits per heavy atom. The number of rotatable bonds is 5. The van der Waals surface area contributed by atoms with Crippen LogP contribution in [-0.2, 0) is 6.54 Å². The van der Waals surface area contributed by atoms with Gasteiger partial charge in [-0.2, -0.15) is 0 Å².